The van der Waals surface area contributed by atoms with Gasteiger partial charge < -0.3 is 18.3 Å². The zero-order valence-corrected chi connectivity index (χ0v) is 20.7. The Morgan fingerprint density at radius 2 is 1.34 bits per heavy atom. The van der Waals surface area contributed by atoms with Crippen molar-refractivity contribution in [2.75, 3.05) is 25.7 Å². The van der Waals surface area contributed by atoms with Crippen molar-refractivity contribution in [3.8, 4) is 0 Å². The summed E-state index contributed by atoms with van der Waals surface area (Å²) >= 11 is 3.40. The summed E-state index contributed by atoms with van der Waals surface area (Å²) in [5.74, 6) is -0.705. The molecule has 29 heavy (non-hydrogen) atoms. The average Bonchev–Trinajstić information content (AvgIpc) is 2.72. The molecule has 0 spiro atoms. The van der Waals surface area contributed by atoms with Crippen molar-refractivity contribution in [1.82, 2.24) is 0 Å². The van der Waals surface area contributed by atoms with Crippen molar-refractivity contribution < 1.29 is 18.3 Å². The van der Waals surface area contributed by atoms with E-state index in [0.717, 1.165) is 15.7 Å². The molecule has 0 N–H and O–H groups in total. The van der Waals surface area contributed by atoms with Crippen LogP contribution in [0.4, 0.5) is 0 Å². The van der Waals surface area contributed by atoms with Crippen molar-refractivity contribution >= 4 is 34.9 Å². The molecule has 1 atom stereocenters. The van der Waals surface area contributed by atoms with Crippen LogP contribution in [0.3, 0.4) is 0 Å². The van der Waals surface area contributed by atoms with E-state index in [0.29, 0.717) is 19.6 Å². The quantitative estimate of drug-likeness (QED) is 0.273. The number of benzene rings is 2. The minimum Gasteiger partial charge on any atom is -0.387 e. The van der Waals surface area contributed by atoms with Crippen LogP contribution in [0.5, 0.6) is 0 Å². The van der Waals surface area contributed by atoms with Crippen LogP contribution in [0.15, 0.2) is 60.7 Å². The normalized spacial score (nSPS) is 14.6. The molecule has 0 aliphatic rings. The van der Waals surface area contributed by atoms with Gasteiger partial charge in [-0.15, -0.1) is 0 Å². The lowest BCUT2D eigenvalue weighted by Crippen LogP contribution is -2.66. The average molecular weight is 482 g/mol. The first-order valence-electron chi connectivity index (χ1n) is 9.95. The highest BCUT2D eigenvalue weighted by Crippen LogP contribution is 2.22. The predicted octanol–water partition coefficient (Wildman–Crippen LogP) is 4.24. The fourth-order valence-corrected chi connectivity index (χ4v) is 6.73. The minimum absolute atomic E-state index is 0.366. The summed E-state index contributed by atoms with van der Waals surface area (Å²) in [6.07, 6.45) is 0.596. The smallest absolute Gasteiger partial charge is 0.387 e. The van der Waals surface area contributed by atoms with Gasteiger partial charge in [0.1, 0.15) is 0 Å². The molecule has 0 radical (unpaired) electrons. The standard InChI is InChI=1S/C23H33BrO4Si/c1-22(2,3)28-29(20-12-8-6-9-13-20,21-14-10-7-11-15-21)27-18-16-23(4,25-5)26-19-17-24/h6-15H,16-19H2,1-5H3. The van der Waals surface area contributed by atoms with Crippen LogP contribution < -0.4 is 10.4 Å². The Hall–Kier alpha value is -1.02. The van der Waals surface area contributed by atoms with Gasteiger partial charge in [-0.2, -0.15) is 0 Å². The molecule has 0 heterocycles. The highest BCUT2D eigenvalue weighted by atomic mass is 79.9. The maximum Gasteiger partial charge on any atom is 0.407 e. The molecule has 0 aromatic heterocycles. The molecular weight excluding hydrogens is 448 g/mol. The van der Waals surface area contributed by atoms with Crippen LogP contribution in [0.25, 0.3) is 0 Å². The van der Waals surface area contributed by atoms with E-state index in [-0.39, 0.29) is 5.60 Å². The highest BCUT2D eigenvalue weighted by Gasteiger charge is 2.46. The first-order chi connectivity index (χ1) is 13.7. The van der Waals surface area contributed by atoms with E-state index in [2.05, 4.69) is 61.0 Å². The molecule has 0 amide bonds. The Kier molecular flexibility index (Phi) is 9.07. The molecule has 2 aromatic rings. The van der Waals surface area contributed by atoms with E-state index in [4.69, 9.17) is 18.3 Å². The fraction of sp³-hybridized carbons (Fsp3) is 0.478. The summed E-state index contributed by atoms with van der Waals surface area (Å²) in [6, 6.07) is 20.6. The van der Waals surface area contributed by atoms with Gasteiger partial charge in [-0.3, -0.25) is 0 Å². The molecule has 0 saturated heterocycles. The number of ether oxygens (including phenoxy) is 2. The second-order valence-electron chi connectivity index (χ2n) is 8.04. The third-order valence-corrected chi connectivity index (χ3v) is 8.56. The van der Waals surface area contributed by atoms with Gasteiger partial charge in [-0.05, 0) is 38.1 Å². The van der Waals surface area contributed by atoms with E-state index in [1.807, 2.05) is 43.3 Å². The third-order valence-electron chi connectivity index (χ3n) is 4.54. The van der Waals surface area contributed by atoms with Crippen LogP contribution in [-0.4, -0.2) is 45.6 Å². The monoisotopic (exact) mass is 480 g/mol. The van der Waals surface area contributed by atoms with Crippen LogP contribution >= 0.6 is 15.9 Å². The SMILES string of the molecule is COC(C)(CCO[Si](OC(C)(C)C)(c1ccccc1)c1ccccc1)OCCBr. The molecule has 0 aliphatic carbocycles. The number of rotatable bonds is 11. The third kappa shape index (κ3) is 7.02. The van der Waals surface area contributed by atoms with Gasteiger partial charge in [-0.1, -0.05) is 76.6 Å². The maximum absolute atomic E-state index is 6.75. The Balaban J connectivity index is 2.38. The van der Waals surface area contributed by atoms with Gasteiger partial charge in [0.2, 0.25) is 0 Å². The molecule has 0 fully saturated rings. The van der Waals surface area contributed by atoms with Gasteiger partial charge in [0.05, 0.1) is 12.2 Å². The van der Waals surface area contributed by atoms with Gasteiger partial charge in [-0.25, -0.2) is 0 Å². The van der Waals surface area contributed by atoms with E-state index in [1.54, 1.807) is 7.11 Å². The molecule has 4 nitrogen and oxygen atoms in total. The minimum atomic E-state index is -2.95. The summed E-state index contributed by atoms with van der Waals surface area (Å²) in [5.41, 5.74) is -0.366. The van der Waals surface area contributed by atoms with E-state index < -0.39 is 14.3 Å². The summed E-state index contributed by atoms with van der Waals surface area (Å²) in [5, 5.41) is 2.93. The Bertz CT molecular complexity index is 681. The van der Waals surface area contributed by atoms with Crippen LogP contribution in [0.2, 0.25) is 0 Å². The number of halogens is 1. The Labute approximate surface area is 184 Å². The summed E-state index contributed by atoms with van der Waals surface area (Å²) in [4.78, 5) is 0. The predicted molar refractivity (Wildman–Crippen MR) is 124 cm³/mol. The largest absolute Gasteiger partial charge is 0.407 e. The lowest BCUT2D eigenvalue weighted by atomic mass is 10.2. The second-order valence-corrected chi connectivity index (χ2v) is 11.7. The summed E-state index contributed by atoms with van der Waals surface area (Å²) in [6.45, 7) is 9.19. The highest BCUT2D eigenvalue weighted by molar-refractivity contribution is 9.09. The van der Waals surface area contributed by atoms with Crippen LogP contribution in [-0.2, 0) is 18.3 Å². The van der Waals surface area contributed by atoms with Crippen molar-refractivity contribution in [3.05, 3.63) is 60.7 Å². The first-order valence-corrected chi connectivity index (χ1v) is 12.9. The number of hydrogen-bond acceptors (Lipinski definition) is 4. The maximum atomic E-state index is 6.75. The molecule has 0 bridgehead atoms. The van der Waals surface area contributed by atoms with Crippen molar-refractivity contribution in [2.45, 2.75) is 45.5 Å². The van der Waals surface area contributed by atoms with Crippen LogP contribution in [0, 0.1) is 0 Å². The van der Waals surface area contributed by atoms with Crippen molar-refractivity contribution in [1.29, 1.82) is 0 Å². The van der Waals surface area contributed by atoms with Gasteiger partial charge >= 0.3 is 8.56 Å². The zero-order chi connectivity index (χ0) is 21.4. The van der Waals surface area contributed by atoms with Gasteiger partial charge in [0, 0.05) is 25.5 Å². The Morgan fingerprint density at radius 1 is 0.828 bits per heavy atom. The molecule has 6 heteroatoms. The van der Waals surface area contributed by atoms with Crippen LogP contribution in [0.1, 0.15) is 34.1 Å². The molecular formula is C23H33BrO4Si. The summed E-state index contributed by atoms with van der Waals surface area (Å²) < 4.78 is 25.0. The molecule has 0 aliphatic heterocycles. The van der Waals surface area contributed by atoms with Gasteiger partial charge in [0.15, 0.2) is 5.79 Å². The Morgan fingerprint density at radius 3 is 1.76 bits per heavy atom. The van der Waals surface area contributed by atoms with E-state index in [1.165, 1.54) is 0 Å². The molecule has 160 valence electrons. The number of alkyl halides is 1. The molecule has 0 saturated carbocycles. The second kappa shape index (κ2) is 10.8. The van der Waals surface area contributed by atoms with E-state index >= 15 is 0 Å². The first kappa shape index (κ1) is 24.2. The molecule has 2 aromatic carbocycles. The zero-order valence-electron chi connectivity index (χ0n) is 18.1. The lowest BCUT2D eigenvalue weighted by Gasteiger charge is -2.38. The molecule has 2 rings (SSSR count). The summed E-state index contributed by atoms with van der Waals surface area (Å²) in [7, 11) is -1.28. The van der Waals surface area contributed by atoms with Crippen molar-refractivity contribution in [3.63, 3.8) is 0 Å². The topological polar surface area (TPSA) is 36.9 Å². The molecule has 1 unspecified atom stereocenters. The van der Waals surface area contributed by atoms with Crippen molar-refractivity contribution in [2.24, 2.45) is 0 Å². The van der Waals surface area contributed by atoms with Gasteiger partial charge in [0.25, 0.3) is 0 Å². The lowest BCUT2D eigenvalue weighted by molar-refractivity contribution is -0.213. The van der Waals surface area contributed by atoms with E-state index in [9.17, 15) is 0 Å². The fourth-order valence-electron chi connectivity index (χ4n) is 3.09. The number of hydrogen-bond donors (Lipinski definition) is 0. The number of methoxy groups -OCH3 is 1.